The zero-order chi connectivity index (χ0) is 21.9. The average molecular weight is 423 g/mol. The fourth-order valence-corrected chi connectivity index (χ4v) is 3.96. The Labute approximate surface area is 173 Å². The van der Waals surface area contributed by atoms with Gasteiger partial charge < -0.3 is 14.6 Å². The van der Waals surface area contributed by atoms with Gasteiger partial charge in [0.25, 0.3) is 0 Å². The van der Waals surface area contributed by atoms with E-state index >= 15 is 0 Å². The molecular formula is C22H24F3NO4. The van der Waals surface area contributed by atoms with Gasteiger partial charge in [-0.2, -0.15) is 13.2 Å². The molecule has 1 saturated heterocycles. The van der Waals surface area contributed by atoms with Gasteiger partial charge >= 0.3 is 12.1 Å². The van der Waals surface area contributed by atoms with Gasteiger partial charge in [0, 0.05) is 18.2 Å². The quantitative estimate of drug-likeness (QED) is 0.736. The number of carboxylic acids is 1. The Kier molecular flexibility index (Phi) is 6.55. The summed E-state index contributed by atoms with van der Waals surface area (Å²) in [6, 6.07) is 9.72. The van der Waals surface area contributed by atoms with E-state index < -0.39 is 29.7 Å². The second-order valence-corrected chi connectivity index (χ2v) is 7.31. The molecule has 0 aliphatic carbocycles. The smallest absolute Gasteiger partial charge is 0.416 e. The lowest BCUT2D eigenvalue weighted by Crippen LogP contribution is -2.41. The monoisotopic (exact) mass is 423 g/mol. The predicted molar refractivity (Wildman–Crippen MR) is 105 cm³/mol. The maximum absolute atomic E-state index is 13.4. The van der Waals surface area contributed by atoms with Crippen molar-refractivity contribution in [3.63, 3.8) is 0 Å². The fraction of sp³-hybridized carbons (Fsp3) is 0.409. The number of methoxy groups -OCH3 is 2. The molecular weight excluding hydrogens is 399 g/mol. The van der Waals surface area contributed by atoms with Crippen LogP contribution in [0.15, 0.2) is 42.5 Å². The molecule has 162 valence electrons. The number of hydrogen-bond acceptors (Lipinski definition) is 4. The third-order valence-electron chi connectivity index (χ3n) is 5.43. The van der Waals surface area contributed by atoms with Gasteiger partial charge in [0.2, 0.25) is 0 Å². The van der Waals surface area contributed by atoms with Gasteiger partial charge in [0.1, 0.15) is 11.5 Å². The maximum atomic E-state index is 13.4. The third-order valence-corrected chi connectivity index (χ3v) is 5.43. The molecule has 1 fully saturated rings. The van der Waals surface area contributed by atoms with Crippen molar-refractivity contribution in [2.75, 3.05) is 27.3 Å². The highest BCUT2D eigenvalue weighted by Crippen LogP contribution is 2.40. The van der Waals surface area contributed by atoms with E-state index in [1.807, 2.05) is 4.90 Å². The van der Waals surface area contributed by atoms with Crippen LogP contribution in [0.2, 0.25) is 0 Å². The first kappa shape index (κ1) is 22.0. The molecule has 30 heavy (non-hydrogen) atoms. The van der Waals surface area contributed by atoms with E-state index in [0.29, 0.717) is 42.0 Å². The predicted octanol–water partition coefficient (Wildman–Crippen LogP) is 4.61. The minimum atomic E-state index is -4.48. The molecule has 0 spiro atoms. The van der Waals surface area contributed by atoms with Gasteiger partial charge in [0.15, 0.2) is 0 Å². The summed E-state index contributed by atoms with van der Waals surface area (Å²) in [7, 11) is 3.00. The number of ether oxygens (including phenoxy) is 2. The van der Waals surface area contributed by atoms with Crippen LogP contribution in [0.25, 0.3) is 0 Å². The van der Waals surface area contributed by atoms with E-state index in [2.05, 4.69) is 0 Å². The Morgan fingerprint density at radius 3 is 2.57 bits per heavy atom. The van der Waals surface area contributed by atoms with Crippen LogP contribution >= 0.6 is 0 Å². The molecule has 3 rings (SSSR count). The lowest BCUT2D eigenvalue weighted by molar-refractivity contribution is -0.143. The minimum absolute atomic E-state index is 0.241. The molecule has 0 aromatic heterocycles. The molecule has 1 aliphatic rings. The summed E-state index contributed by atoms with van der Waals surface area (Å²) >= 11 is 0. The lowest BCUT2D eigenvalue weighted by Gasteiger charge is -2.38. The topological polar surface area (TPSA) is 59.0 Å². The number of rotatable bonds is 6. The maximum Gasteiger partial charge on any atom is 0.416 e. The van der Waals surface area contributed by atoms with Crippen molar-refractivity contribution in [3.05, 3.63) is 59.2 Å². The first-order valence-corrected chi connectivity index (χ1v) is 9.60. The van der Waals surface area contributed by atoms with Crippen LogP contribution < -0.4 is 9.47 Å². The van der Waals surface area contributed by atoms with Gasteiger partial charge in [-0.1, -0.05) is 12.1 Å². The number of aliphatic carboxylic acids is 1. The van der Waals surface area contributed by atoms with Crippen LogP contribution in [-0.4, -0.2) is 43.3 Å². The fourth-order valence-electron chi connectivity index (χ4n) is 3.96. The summed E-state index contributed by atoms with van der Waals surface area (Å²) in [5, 5.41) is 9.48. The molecule has 0 saturated carbocycles. The second kappa shape index (κ2) is 8.95. The molecule has 0 amide bonds. The Morgan fingerprint density at radius 1 is 1.17 bits per heavy atom. The number of alkyl halides is 3. The Bertz CT molecular complexity index is 900. The number of carbonyl (C=O) groups is 1. The molecule has 1 N–H and O–H groups in total. The van der Waals surface area contributed by atoms with Crippen molar-refractivity contribution >= 4 is 5.97 Å². The largest absolute Gasteiger partial charge is 0.497 e. The number of hydrogen-bond donors (Lipinski definition) is 1. The summed E-state index contributed by atoms with van der Waals surface area (Å²) in [6.07, 6.45) is -3.29. The normalized spacial score (nSPS) is 18.6. The summed E-state index contributed by atoms with van der Waals surface area (Å²) in [6.45, 7) is 0.811. The number of nitrogens with zero attached hydrogens (tertiary/aromatic N) is 1. The molecule has 1 heterocycles. The SMILES string of the molecule is COc1ccc(C(c2cccc(C(F)(F)F)c2)N2CCCC(C(=O)O)C2)c(OC)c1. The van der Waals surface area contributed by atoms with E-state index in [0.717, 1.165) is 12.1 Å². The molecule has 2 aromatic carbocycles. The van der Waals surface area contributed by atoms with Gasteiger partial charge in [-0.25, -0.2) is 0 Å². The number of benzene rings is 2. The standard InChI is InChI=1S/C22H24F3NO4/c1-29-17-8-9-18(19(12-17)30-2)20(26-10-4-6-15(13-26)21(27)28)14-5-3-7-16(11-14)22(23,24)25/h3,5,7-9,11-12,15,20H,4,6,10,13H2,1-2H3,(H,27,28). The van der Waals surface area contributed by atoms with Crippen LogP contribution in [0.5, 0.6) is 11.5 Å². The Balaban J connectivity index is 2.12. The number of carboxylic acid groups (broad SMARTS) is 1. The number of halogens is 3. The summed E-state index contributed by atoms with van der Waals surface area (Å²) < 4.78 is 50.8. The highest BCUT2D eigenvalue weighted by Gasteiger charge is 2.35. The molecule has 2 atom stereocenters. The van der Waals surface area contributed by atoms with Crippen molar-refractivity contribution in [1.29, 1.82) is 0 Å². The van der Waals surface area contributed by atoms with Gasteiger partial charge in [-0.05, 0) is 49.2 Å². The van der Waals surface area contributed by atoms with Crippen LogP contribution in [0.1, 0.15) is 35.6 Å². The minimum Gasteiger partial charge on any atom is -0.497 e. The molecule has 2 aromatic rings. The summed E-state index contributed by atoms with van der Waals surface area (Å²) in [5.41, 5.74) is 0.340. The molecule has 0 radical (unpaired) electrons. The Hall–Kier alpha value is -2.74. The lowest BCUT2D eigenvalue weighted by atomic mass is 9.90. The first-order chi connectivity index (χ1) is 14.2. The zero-order valence-corrected chi connectivity index (χ0v) is 16.8. The Morgan fingerprint density at radius 2 is 1.93 bits per heavy atom. The van der Waals surface area contributed by atoms with Crippen molar-refractivity contribution < 1.29 is 32.5 Å². The zero-order valence-electron chi connectivity index (χ0n) is 16.8. The van der Waals surface area contributed by atoms with E-state index in [1.54, 1.807) is 24.3 Å². The molecule has 1 aliphatic heterocycles. The summed E-state index contributed by atoms with van der Waals surface area (Å²) in [5.74, 6) is -0.449. The molecule has 2 unspecified atom stereocenters. The third kappa shape index (κ3) is 4.70. The van der Waals surface area contributed by atoms with Crippen molar-refractivity contribution in [2.45, 2.75) is 25.1 Å². The molecule has 5 nitrogen and oxygen atoms in total. The van der Waals surface area contributed by atoms with Gasteiger partial charge in [0.05, 0.1) is 31.7 Å². The van der Waals surface area contributed by atoms with Gasteiger partial charge in [-0.15, -0.1) is 0 Å². The van der Waals surface area contributed by atoms with E-state index in [1.165, 1.54) is 20.3 Å². The highest BCUT2D eigenvalue weighted by molar-refractivity contribution is 5.70. The second-order valence-electron chi connectivity index (χ2n) is 7.31. The van der Waals surface area contributed by atoms with E-state index in [4.69, 9.17) is 9.47 Å². The van der Waals surface area contributed by atoms with Crippen LogP contribution in [0.4, 0.5) is 13.2 Å². The molecule has 8 heteroatoms. The van der Waals surface area contributed by atoms with Gasteiger partial charge in [-0.3, -0.25) is 9.69 Å². The van der Waals surface area contributed by atoms with Crippen molar-refractivity contribution in [2.24, 2.45) is 5.92 Å². The van der Waals surface area contributed by atoms with Crippen LogP contribution in [-0.2, 0) is 11.0 Å². The van der Waals surface area contributed by atoms with Crippen LogP contribution in [0.3, 0.4) is 0 Å². The van der Waals surface area contributed by atoms with Crippen molar-refractivity contribution in [3.8, 4) is 11.5 Å². The first-order valence-electron chi connectivity index (χ1n) is 9.60. The number of likely N-dealkylation sites (tertiary alicyclic amines) is 1. The highest BCUT2D eigenvalue weighted by atomic mass is 19.4. The number of piperidine rings is 1. The van der Waals surface area contributed by atoms with Crippen molar-refractivity contribution in [1.82, 2.24) is 4.90 Å². The summed E-state index contributed by atoms with van der Waals surface area (Å²) in [4.78, 5) is 13.5. The van der Waals surface area contributed by atoms with E-state index in [9.17, 15) is 23.1 Å². The van der Waals surface area contributed by atoms with Crippen LogP contribution in [0, 0.1) is 5.92 Å². The average Bonchev–Trinajstić information content (AvgIpc) is 2.74. The molecule has 0 bridgehead atoms. The van der Waals surface area contributed by atoms with E-state index in [-0.39, 0.29) is 6.54 Å².